The van der Waals surface area contributed by atoms with E-state index in [2.05, 4.69) is 20.6 Å². The maximum absolute atomic E-state index is 11.9. The summed E-state index contributed by atoms with van der Waals surface area (Å²) in [6, 6.07) is 11.1. The number of fused-ring (bicyclic) bond motifs is 1. The summed E-state index contributed by atoms with van der Waals surface area (Å²) in [4.78, 5) is 12.7. The molecule has 3 aromatic heterocycles. The van der Waals surface area contributed by atoms with Crippen molar-refractivity contribution < 1.29 is 9.21 Å². The normalized spacial score (nSPS) is 11.4. The van der Waals surface area contributed by atoms with Crippen LogP contribution in [0, 0.1) is 0 Å². The molecule has 0 aliphatic heterocycles. The van der Waals surface area contributed by atoms with Gasteiger partial charge in [0, 0.05) is 23.7 Å². The number of nitrogens with zero attached hydrogens (tertiary/aromatic N) is 4. The van der Waals surface area contributed by atoms with Gasteiger partial charge in [0.2, 0.25) is 10.9 Å². The van der Waals surface area contributed by atoms with Crippen LogP contribution in [-0.4, -0.2) is 25.7 Å². The molecular weight excluding hydrogens is 350 g/mol. The van der Waals surface area contributed by atoms with Gasteiger partial charge in [0.25, 0.3) is 0 Å². The molecule has 130 valence electrons. The third-order valence-corrected chi connectivity index (χ3v) is 4.66. The predicted molar refractivity (Wildman–Crippen MR) is 99.8 cm³/mol. The second-order valence-corrected chi connectivity index (χ2v) is 6.44. The lowest BCUT2D eigenvalue weighted by atomic mass is 10.2. The maximum Gasteiger partial charge on any atom is 0.248 e. The Balaban J connectivity index is 1.47. The van der Waals surface area contributed by atoms with Crippen LogP contribution in [0.1, 0.15) is 18.5 Å². The zero-order valence-electron chi connectivity index (χ0n) is 13.9. The third kappa shape index (κ3) is 3.27. The quantitative estimate of drug-likeness (QED) is 0.546. The first-order chi connectivity index (χ1) is 12.7. The molecule has 0 radical (unpaired) electrons. The summed E-state index contributed by atoms with van der Waals surface area (Å²) in [5.74, 6) is 1.25. The molecule has 26 heavy (non-hydrogen) atoms. The summed E-state index contributed by atoms with van der Waals surface area (Å²) in [6.45, 7) is 2.02. The van der Waals surface area contributed by atoms with Gasteiger partial charge in [-0.25, -0.2) is 0 Å². The summed E-state index contributed by atoms with van der Waals surface area (Å²) in [6.07, 6.45) is 5.39. The van der Waals surface area contributed by atoms with Crippen molar-refractivity contribution in [1.82, 2.24) is 19.8 Å². The van der Waals surface area contributed by atoms with Gasteiger partial charge in [-0.15, -0.1) is 10.2 Å². The van der Waals surface area contributed by atoms with Crippen molar-refractivity contribution in [1.29, 1.82) is 0 Å². The van der Waals surface area contributed by atoms with E-state index in [1.807, 2.05) is 31.2 Å². The summed E-state index contributed by atoms with van der Waals surface area (Å²) < 4.78 is 6.92. The van der Waals surface area contributed by atoms with E-state index in [0.29, 0.717) is 11.4 Å². The number of aryl methyl sites for hydroxylation is 1. The van der Waals surface area contributed by atoms with Crippen molar-refractivity contribution in [2.45, 2.75) is 13.3 Å². The Morgan fingerprint density at radius 2 is 2.12 bits per heavy atom. The number of hydrogen-bond donors (Lipinski definition) is 1. The molecular formula is C18H15N5O2S. The average Bonchev–Trinajstić information content (AvgIpc) is 3.37. The molecule has 7 nitrogen and oxygen atoms in total. The fourth-order valence-corrected chi connectivity index (χ4v) is 3.28. The molecule has 0 unspecified atom stereocenters. The zero-order valence-corrected chi connectivity index (χ0v) is 14.7. The highest BCUT2D eigenvalue weighted by Gasteiger charge is 2.11. The Morgan fingerprint density at radius 3 is 2.85 bits per heavy atom. The Bertz CT molecular complexity index is 1060. The number of benzene rings is 1. The average molecular weight is 365 g/mol. The molecule has 0 fully saturated rings. The Hall–Kier alpha value is -3.26. The van der Waals surface area contributed by atoms with Gasteiger partial charge in [-0.2, -0.15) is 9.61 Å². The van der Waals surface area contributed by atoms with Gasteiger partial charge in [0.05, 0.1) is 6.26 Å². The second kappa shape index (κ2) is 6.93. The van der Waals surface area contributed by atoms with Crippen molar-refractivity contribution in [2.24, 2.45) is 0 Å². The monoisotopic (exact) mass is 365 g/mol. The van der Waals surface area contributed by atoms with Crippen LogP contribution in [0.4, 0.5) is 5.69 Å². The fourth-order valence-electron chi connectivity index (χ4n) is 2.42. The van der Waals surface area contributed by atoms with Crippen molar-refractivity contribution in [3.05, 3.63) is 60.3 Å². The Labute approximate surface area is 153 Å². The van der Waals surface area contributed by atoms with E-state index < -0.39 is 0 Å². The number of amides is 1. The van der Waals surface area contributed by atoms with E-state index in [9.17, 15) is 4.79 Å². The number of furan rings is 1. The number of carbonyl (C=O) groups is 1. The van der Waals surface area contributed by atoms with Gasteiger partial charge in [-0.1, -0.05) is 18.3 Å². The van der Waals surface area contributed by atoms with Crippen LogP contribution in [0.25, 0.3) is 21.6 Å². The van der Waals surface area contributed by atoms with Crippen LogP contribution < -0.4 is 5.32 Å². The van der Waals surface area contributed by atoms with Crippen LogP contribution in [0.5, 0.6) is 0 Å². The van der Waals surface area contributed by atoms with Crippen molar-refractivity contribution >= 4 is 34.0 Å². The van der Waals surface area contributed by atoms with Crippen LogP contribution >= 0.6 is 11.3 Å². The predicted octanol–water partition coefficient (Wildman–Crippen LogP) is 3.66. The molecule has 8 heteroatoms. The largest absolute Gasteiger partial charge is 0.465 e. The molecule has 0 atom stereocenters. The number of rotatable bonds is 5. The molecule has 0 aliphatic rings. The molecule has 1 N–H and O–H groups in total. The molecule has 0 spiro atoms. The van der Waals surface area contributed by atoms with E-state index in [-0.39, 0.29) is 5.91 Å². The van der Waals surface area contributed by atoms with Crippen molar-refractivity contribution in [3.8, 4) is 10.6 Å². The minimum atomic E-state index is -0.222. The fraction of sp³-hybridized carbons (Fsp3) is 0.111. The standard InChI is InChI=1S/C18H15N5O2S/c1-2-15-20-21-18-23(15)22-17(26-18)12-5-7-13(8-6-12)19-16(24)10-9-14-4-3-11-25-14/h3-11H,2H2,1H3,(H,19,24). The Morgan fingerprint density at radius 1 is 1.27 bits per heavy atom. The second-order valence-electron chi connectivity index (χ2n) is 5.49. The summed E-state index contributed by atoms with van der Waals surface area (Å²) in [5.41, 5.74) is 1.67. The van der Waals surface area contributed by atoms with Gasteiger partial charge in [0.15, 0.2) is 5.82 Å². The smallest absolute Gasteiger partial charge is 0.248 e. The highest BCUT2D eigenvalue weighted by molar-refractivity contribution is 7.19. The van der Waals surface area contributed by atoms with Gasteiger partial charge < -0.3 is 9.73 Å². The summed E-state index contributed by atoms with van der Waals surface area (Å²) in [7, 11) is 0. The topological polar surface area (TPSA) is 85.3 Å². The van der Waals surface area contributed by atoms with Crippen LogP contribution in [0.3, 0.4) is 0 Å². The number of aromatic nitrogens is 4. The van der Waals surface area contributed by atoms with Crippen molar-refractivity contribution in [3.63, 3.8) is 0 Å². The van der Waals surface area contributed by atoms with Crippen LogP contribution in [-0.2, 0) is 11.2 Å². The van der Waals surface area contributed by atoms with E-state index in [1.165, 1.54) is 17.4 Å². The van der Waals surface area contributed by atoms with E-state index in [1.54, 1.807) is 29.0 Å². The number of anilines is 1. The van der Waals surface area contributed by atoms with Crippen molar-refractivity contribution in [2.75, 3.05) is 5.32 Å². The van der Waals surface area contributed by atoms with Gasteiger partial charge in [-0.05, 0) is 42.5 Å². The molecule has 3 heterocycles. The lowest BCUT2D eigenvalue weighted by Gasteiger charge is -2.02. The molecule has 4 rings (SSSR count). The SMILES string of the molecule is CCc1nnc2sc(-c3ccc(NC(=O)C=Cc4ccco4)cc3)nn12. The van der Waals surface area contributed by atoms with E-state index >= 15 is 0 Å². The third-order valence-electron chi connectivity index (χ3n) is 3.71. The first-order valence-electron chi connectivity index (χ1n) is 8.07. The molecule has 1 amide bonds. The molecule has 4 aromatic rings. The lowest BCUT2D eigenvalue weighted by molar-refractivity contribution is -0.111. The lowest BCUT2D eigenvalue weighted by Crippen LogP contribution is -2.07. The number of hydrogen-bond acceptors (Lipinski definition) is 6. The molecule has 0 bridgehead atoms. The minimum absolute atomic E-state index is 0.222. The van der Waals surface area contributed by atoms with Gasteiger partial charge >= 0.3 is 0 Å². The maximum atomic E-state index is 11.9. The highest BCUT2D eigenvalue weighted by Crippen LogP contribution is 2.26. The highest BCUT2D eigenvalue weighted by atomic mass is 32.1. The zero-order chi connectivity index (χ0) is 17.9. The minimum Gasteiger partial charge on any atom is -0.465 e. The van der Waals surface area contributed by atoms with E-state index in [4.69, 9.17) is 4.42 Å². The summed E-state index contributed by atoms with van der Waals surface area (Å²) >= 11 is 1.48. The van der Waals surface area contributed by atoms with Crippen LogP contribution in [0.2, 0.25) is 0 Å². The first-order valence-corrected chi connectivity index (χ1v) is 8.88. The number of carbonyl (C=O) groups excluding carboxylic acids is 1. The van der Waals surface area contributed by atoms with Gasteiger partial charge in [-0.3, -0.25) is 4.79 Å². The Kier molecular flexibility index (Phi) is 4.32. The number of nitrogens with one attached hydrogen (secondary N) is 1. The molecule has 0 saturated carbocycles. The molecule has 1 aromatic carbocycles. The summed E-state index contributed by atoms with van der Waals surface area (Å²) in [5, 5.41) is 16.5. The molecule has 0 aliphatic carbocycles. The molecule has 0 saturated heterocycles. The van der Waals surface area contributed by atoms with Gasteiger partial charge in [0.1, 0.15) is 10.8 Å². The van der Waals surface area contributed by atoms with Crippen LogP contribution in [0.15, 0.2) is 53.2 Å². The first kappa shape index (κ1) is 16.2. The van der Waals surface area contributed by atoms with E-state index in [0.717, 1.165) is 27.8 Å².